The second-order valence-electron chi connectivity index (χ2n) is 4.26. The largest absolute Gasteiger partial charge is 0.484 e. The molecule has 1 N–H and O–H groups in total. The van der Waals surface area contributed by atoms with E-state index in [4.69, 9.17) is 4.74 Å². The van der Waals surface area contributed by atoms with E-state index in [1.807, 2.05) is 30.5 Å². The molecule has 2 rings (SSSR count). The first-order valence-corrected chi connectivity index (χ1v) is 7.55. The lowest BCUT2D eigenvalue weighted by Gasteiger charge is -2.08. The lowest BCUT2D eigenvalue weighted by molar-refractivity contribution is -0.118. The molecule has 0 fully saturated rings. The van der Waals surface area contributed by atoms with E-state index in [1.165, 1.54) is 0 Å². The van der Waals surface area contributed by atoms with Crippen LogP contribution in [0, 0.1) is 0 Å². The number of thioether (sulfide) groups is 1. The molecule has 0 heterocycles. The van der Waals surface area contributed by atoms with Crippen LogP contribution in [0.5, 0.6) is 5.75 Å². The number of rotatable bonds is 6. The Labute approximate surface area is 127 Å². The Kier molecular flexibility index (Phi) is 5.40. The van der Waals surface area contributed by atoms with Gasteiger partial charge >= 0.3 is 0 Å². The first-order chi connectivity index (χ1) is 10.2. The zero-order chi connectivity index (χ0) is 15.1. The van der Waals surface area contributed by atoms with E-state index in [9.17, 15) is 9.59 Å². The molecular weight excluding hydrogens is 286 g/mol. The van der Waals surface area contributed by atoms with Crippen molar-refractivity contribution in [2.45, 2.75) is 4.90 Å². The van der Waals surface area contributed by atoms with Crippen molar-refractivity contribution in [3.63, 3.8) is 0 Å². The van der Waals surface area contributed by atoms with Gasteiger partial charge in [0.25, 0.3) is 5.91 Å². The van der Waals surface area contributed by atoms with Crippen molar-refractivity contribution in [2.75, 3.05) is 18.2 Å². The minimum atomic E-state index is -0.229. The summed E-state index contributed by atoms with van der Waals surface area (Å²) in [6.07, 6.45) is 2.74. The van der Waals surface area contributed by atoms with E-state index in [0.29, 0.717) is 11.3 Å². The van der Waals surface area contributed by atoms with Gasteiger partial charge in [0.1, 0.15) is 12.0 Å². The number of carbonyl (C=O) groups excluding carboxylic acids is 2. The van der Waals surface area contributed by atoms with E-state index < -0.39 is 0 Å². The molecule has 0 aliphatic carbocycles. The molecule has 4 nitrogen and oxygen atoms in total. The highest BCUT2D eigenvalue weighted by molar-refractivity contribution is 7.98. The maximum absolute atomic E-state index is 11.8. The highest BCUT2D eigenvalue weighted by atomic mass is 32.2. The molecule has 108 valence electrons. The second-order valence-corrected chi connectivity index (χ2v) is 5.14. The van der Waals surface area contributed by atoms with Crippen molar-refractivity contribution < 1.29 is 14.3 Å². The van der Waals surface area contributed by atoms with Crippen molar-refractivity contribution >= 4 is 29.6 Å². The Bertz CT molecular complexity index is 626. The second kappa shape index (κ2) is 7.50. The van der Waals surface area contributed by atoms with Crippen LogP contribution in [0.25, 0.3) is 0 Å². The fourth-order valence-corrected chi connectivity index (χ4v) is 2.15. The van der Waals surface area contributed by atoms with Crippen molar-refractivity contribution in [1.29, 1.82) is 0 Å². The van der Waals surface area contributed by atoms with Crippen LogP contribution in [0.4, 0.5) is 5.69 Å². The summed E-state index contributed by atoms with van der Waals surface area (Å²) >= 11 is 1.61. The van der Waals surface area contributed by atoms with Gasteiger partial charge < -0.3 is 10.1 Å². The summed E-state index contributed by atoms with van der Waals surface area (Å²) in [5, 5.41) is 2.78. The molecule has 0 aromatic heterocycles. The SMILES string of the molecule is CSc1cccc(NC(=O)COc2ccc(C=O)cc2)c1. The lowest BCUT2D eigenvalue weighted by atomic mass is 10.2. The number of ether oxygens (including phenoxy) is 1. The fourth-order valence-electron chi connectivity index (χ4n) is 1.69. The molecule has 0 saturated carbocycles. The summed E-state index contributed by atoms with van der Waals surface area (Å²) in [7, 11) is 0. The molecule has 2 aromatic carbocycles. The molecule has 0 aliphatic heterocycles. The van der Waals surface area contributed by atoms with Gasteiger partial charge in [-0.15, -0.1) is 11.8 Å². The summed E-state index contributed by atoms with van der Waals surface area (Å²) in [4.78, 5) is 23.4. The van der Waals surface area contributed by atoms with E-state index in [-0.39, 0.29) is 12.5 Å². The standard InChI is InChI=1S/C16H15NO3S/c1-21-15-4-2-3-13(9-15)17-16(19)11-20-14-7-5-12(10-18)6-8-14/h2-10H,11H2,1H3,(H,17,19). The Hall–Kier alpha value is -2.27. The first-order valence-electron chi connectivity index (χ1n) is 6.33. The molecule has 0 aliphatic rings. The normalized spacial score (nSPS) is 9.95. The minimum absolute atomic E-state index is 0.0794. The van der Waals surface area contributed by atoms with Gasteiger partial charge in [-0.1, -0.05) is 6.07 Å². The number of nitrogens with one attached hydrogen (secondary N) is 1. The third-order valence-electron chi connectivity index (χ3n) is 2.74. The van der Waals surface area contributed by atoms with Gasteiger partial charge in [0, 0.05) is 16.1 Å². The monoisotopic (exact) mass is 301 g/mol. The highest BCUT2D eigenvalue weighted by Crippen LogP contribution is 2.19. The maximum atomic E-state index is 11.8. The van der Waals surface area contributed by atoms with Gasteiger partial charge in [-0.3, -0.25) is 9.59 Å². The lowest BCUT2D eigenvalue weighted by Crippen LogP contribution is -2.20. The third-order valence-corrected chi connectivity index (χ3v) is 3.46. The van der Waals surface area contributed by atoms with Crippen LogP contribution in [0.15, 0.2) is 53.4 Å². The van der Waals surface area contributed by atoms with Crippen LogP contribution < -0.4 is 10.1 Å². The van der Waals surface area contributed by atoms with E-state index in [2.05, 4.69) is 5.32 Å². The molecule has 0 unspecified atom stereocenters. The van der Waals surface area contributed by atoms with Gasteiger partial charge in [0.15, 0.2) is 6.61 Å². The van der Waals surface area contributed by atoms with E-state index >= 15 is 0 Å². The quantitative estimate of drug-likeness (QED) is 0.657. The summed E-state index contributed by atoms with van der Waals surface area (Å²) in [5.74, 6) is 0.321. The van der Waals surface area contributed by atoms with E-state index in [0.717, 1.165) is 16.9 Å². The zero-order valence-electron chi connectivity index (χ0n) is 11.5. The Morgan fingerprint density at radius 1 is 1.24 bits per heavy atom. The van der Waals surface area contributed by atoms with Crippen LogP contribution in [-0.4, -0.2) is 25.1 Å². The molecule has 0 bridgehead atoms. The van der Waals surface area contributed by atoms with Crippen molar-refractivity contribution in [3.8, 4) is 5.75 Å². The minimum Gasteiger partial charge on any atom is -0.484 e. The van der Waals surface area contributed by atoms with Crippen molar-refractivity contribution in [3.05, 3.63) is 54.1 Å². The van der Waals surface area contributed by atoms with Gasteiger partial charge in [-0.2, -0.15) is 0 Å². The number of hydrogen-bond donors (Lipinski definition) is 1. The van der Waals surface area contributed by atoms with Crippen molar-refractivity contribution in [1.82, 2.24) is 0 Å². The number of benzene rings is 2. The Balaban J connectivity index is 1.87. The van der Waals surface area contributed by atoms with Crippen LogP contribution in [0.2, 0.25) is 0 Å². The predicted molar refractivity (Wildman–Crippen MR) is 84.2 cm³/mol. The van der Waals surface area contributed by atoms with Crippen LogP contribution in [0.3, 0.4) is 0 Å². The van der Waals surface area contributed by atoms with Crippen LogP contribution in [0.1, 0.15) is 10.4 Å². The average Bonchev–Trinajstić information content (AvgIpc) is 2.53. The smallest absolute Gasteiger partial charge is 0.262 e. The highest BCUT2D eigenvalue weighted by Gasteiger charge is 2.04. The molecular formula is C16H15NO3S. The summed E-state index contributed by atoms with van der Waals surface area (Å²) in [6, 6.07) is 14.2. The Morgan fingerprint density at radius 2 is 2.00 bits per heavy atom. The predicted octanol–water partition coefficient (Wildman–Crippen LogP) is 3.24. The third kappa shape index (κ3) is 4.65. The van der Waals surface area contributed by atoms with Gasteiger partial charge in [-0.05, 0) is 48.7 Å². The number of aldehydes is 1. The van der Waals surface area contributed by atoms with E-state index in [1.54, 1.807) is 36.0 Å². The molecule has 2 aromatic rings. The van der Waals surface area contributed by atoms with Crippen LogP contribution in [-0.2, 0) is 4.79 Å². The molecule has 1 amide bonds. The number of hydrogen-bond acceptors (Lipinski definition) is 4. The van der Waals surface area contributed by atoms with Crippen LogP contribution >= 0.6 is 11.8 Å². The molecule has 0 radical (unpaired) electrons. The fraction of sp³-hybridized carbons (Fsp3) is 0.125. The zero-order valence-corrected chi connectivity index (χ0v) is 12.4. The molecule has 0 spiro atoms. The summed E-state index contributed by atoms with van der Waals surface area (Å²) in [5.41, 5.74) is 1.31. The molecule has 0 atom stereocenters. The average molecular weight is 301 g/mol. The topological polar surface area (TPSA) is 55.4 Å². The summed E-state index contributed by atoms with van der Waals surface area (Å²) < 4.78 is 5.36. The molecule has 21 heavy (non-hydrogen) atoms. The first kappa shape index (κ1) is 15.1. The number of anilines is 1. The molecule has 0 saturated heterocycles. The van der Waals surface area contributed by atoms with Gasteiger partial charge in [0.2, 0.25) is 0 Å². The Morgan fingerprint density at radius 3 is 2.67 bits per heavy atom. The molecule has 5 heteroatoms. The number of carbonyl (C=O) groups is 2. The number of amides is 1. The van der Waals surface area contributed by atoms with Gasteiger partial charge in [-0.25, -0.2) is 0 Å². The summed E-state index contributed by atoms with van der Waals surface area (Å²) in [6.45, 7) is -0.0794. The van der Waals surface area contributed by atoms with Crippen molar-refractivity contribution in [2.24, 2.45) is 0 Å². The maximum Gasteiger partial charge on any atom is 0.262 e. The van der Waals surface area contributed by atoms with Gasteiger partial charge in [0.05, 0.1) is 0 Å².